The number of likely N-dealkylation sites (tertiary alicyclic amines) is 1. The number of amides is 1. The van der Waals surface area contributed by atoms with Gasteiger partial charge in [0.1, 0.15) is 6.10 Å². The maximum Gasteiger partial charge on any atom is 0.409 e. The average Bonchev–Trinajstić information content (AvgIpc) is 2.17. The molecule has 5 nitrogen and oxygen atoms in total. The molecule has 1 amide bonds. The van der Waals surface area contributed by atoms with Crippen molar-refractivity contribution >= 4 is 12.1 Å². The van der Waals surface area contributed by atoms with Crippen molar-refractivity contribution < 1.29 is 19.1 Å². The first-order valence-corrected chi connectivity index (χ1v) is 5.22. The molecule has 5 heteroatoms. The summed E-state index contributed by atoms with van der Waals surface area (Å²) in [6.45, 7) is 4.64. The van der Waals surface area contributed by atoms with Crippen LogP contribution >= 0.6 is 0 Å². The quantitative estimate of drug-likeness (QED) is 0.649. The Hall–Kier alpha value is -1.26. The van der Waals surface area contributed by atoms with Crippen molar-refractivity contribution in [1.29, 1.82) is 0 Å². The van der Waals surface area contributed by atoms with Crippen LogP contribution in [0.1, 0.15) is 26.7 Å². The third kappa shape index (κ3) is 3.77. The third-order valence-corrected chi connectivity index (χ3v) is 2.24. The molecule has 0 saturated carbocycles. The van der Waals surface area contributed by atoms with E-state index in [0.29, 0.717) is 19.7 Å². The fraction of sp³-hybridized carbons (Fsp3) is 0.800. The molecule has 0 spiro atoms. The van der Waals surface area contributed by atoms with Crippen molar-refractivity contribution in [1.82, 2.24) is 4.90 Å². The minimum atomic E-state index is -0.325. The zero-order valence-corrected chi connectivity index (χ0v) is 9.19. The monoisotopic (exact) mass is 215 g/mol. The molecule has 1 aliphatic heterocycles. The lowest BCUT2D eigenvalue weighted by Gasteiger charge is -2.31. The highest BCUT2D eigenvalue weighted by molar-refractivity contribution is 5.68. The van der Waals surface area contributed by atoms with E-state index in [1.54, 1.807) is 11.8 Å². The number of hydrogen-bond donors (Lipinski definition) is 0. The molecule has 15 heavy (non-hydrogen) atoms. The van der Waals surface area contributed by atoms with Crippen molar-refractivity contribution in [3.05, 3.63) is 0 Å². The van der Waals surface area contributed by atoms with E-state index in [1.165, 1.54) is 6.92 Å². The molecule has 0 aromatic heterocycles. The lowest BCUT2D eigenvalue weighted by Crippen LogP contribution is -2.43. The average molecular weight is 215 g/mol. The Bertz CT molecular complexity index is 242. The first-order chi connectivity index (χ1) is 7.13. The number of nitrogens with zero attached hydrogens (tertiary/aromatic N) is 1. The second-order valence-corrected chi connectivity index (χ2v) is 3.52. The molecule has 1 saturated heterocycles. The van der Waals surface area contributed by atoms with Gasteiger partial charge in [0.15, 0.2) is 0 Å². The van der Waals surface area contributed by atoms with Gasteiger partial charge in [0.05, 0.1) is 13.2 Å². The Morgan fingerprint density at radius 3 is 2.80 bits per heavy atom. The van der Waals surface area contributed by atoms with E-state index in [2.05, 4.69) is 0 Å². The van der Waals surface area contributed by atoms with Crippen LogP contribution < -0.4 is 0 Å². The summed E-state index contributed by atoms with van der Waals surface area (Å²) in [6.07, 6.45) is 1.15. The molecule has 1 fully saturated rings. The summed E-state index contributed by atoms with van der Waals surface area (Å²) in [7, 11) is 0. The van der Waals surface area contributed by atoms with E-state index in [1.807, 2.05) is 0 Å². The number of ether oxygens (including phenoxy) is 2. The molecule has 1 atom stereocenters. The summed E-state index contributed by atoms with van der Waals surface area (Å²) in [5.41, 5.74) is 0. The highest BCUT2D eigenvalue weighted by atomic mass is 16.6. The Morgan fingerprint density at radius 2 is 2.20 bits per heavy atom. The molecule has 86 valence electrons. The van der Waals surface area contributed by atoms with Crippen LogP contribution in [0.3, 0.4) is 0 Å². The van der Waals surface area contributed by atoms with Gasteiger partial charge in [0.2, 0.25) is 0 Å². The summed E-state index contributed by atoms with van der Waals surface area (Å²) < 4.78 is 9.94. The summed E-state index contributed by atoms with van der Waals surface area (Å²) in [5.74, 6) is -0.300. The van der Waals surface area contributed by atoms with Gasteiger partial charge in [-0.25, -0.2) is 4.79 Å². The van der Waals surface area contributed by atoms with Crippen LogP contribution in [-0.4, -0.2) is 42.8 Å². The smallest absolute Gasteiger partial charge is 0.409 e. The first kappa shape index (κ1) is 11.8. The minimum Gasteiger partial charge on any atom is -0.461 e. The SMILES string of the molecule is CCOC(=O)N1CCCC(OC(C)=O)C1. The largest absolute Gasteiger partial charge is 0.461 e. The molecule has 0 N–H and O–H groups in total. The molecule has 0 aliphatic carbocycles. The van der Waals surface area contributed by atoms with Gasteiger partial charge in [-0.1, -0.05) is 0 Å². The predicted octanol–water partition coefficient (Wildman–Crippen LogP) is 1.17. The number of carbonyl (C=O) groups excluding carboxylic acids is 2. The van der Waals surface area contributed by atoms with Crippen LogP contribution in [0.15, 0.2) is 0 Å². The van der Waals surface area contributed by atoms with Gasteiger partial charge in [-0.05, 0) is 19.8 Å². The topological polar surface area (TPSA) is 55.8 Å². The zero-order valence-electron chi connectivity index (χ0n) is 9.19. The number of carbonyl (C=O) groups is 2. The lowest BCUT2D eigenvalue weighted by atomic mass is 10.1. The minimum absolute atomic E-state index is 0.180. The Morgan fingerprint density at radius 1 is 1.47 bits per heavy atom. The van der Waals surface area contributed by atoms with Crippen molar-refractivity contribution in [2.45, 2.75) is 32.8 Å². The molecular weight excluding hydrogens is 198 g/mol. The molecule has 1 heterocycles. The first-order valence-electron chi connectivity index (χ1n) is 5.22. The lowest BCUT2D eigenvalue weighted by molar-refractivity contribution is -0.148. The van der Waals surface area contributed by atoms with Crippen LogP contribution in [0.5, 0.6) is 0 Å². The van der Waals surface area contributed by atoms with Crippen molar-refractivity contribution in [2.75, 3.05) is 19.7 Å². The summed E-state index contributed by atoms with van der Waals surface area (Å²) in [6, 6.07) is 0. The zero-order chi connectivity index (χ0) is 11.3. The molecule has 0 bridgehead atoms. The molecule has 0 radical (unpaired) electrons. The van der Waals surface area contributed by atoms with Crippen LogP contribution in [0, 0.1) is 0 Å². The van der Waals surface area contributed by atoms with Crippen molar-refractivity contribution in [3.8, 4) is 0 Å². The van der Waals surface area contributed by atoms with Gasteiger partial charge < -0.3 is 14.4 Å². The number of piperidine rings is 1. The van der Waals surface area contributed by atoms with Crippen LogP contribution in [0.2, 0.25) is 0 Å². The Balaban J connectivity index is 2.41. The fourth-order valence-electron chi connectivity index (χ4n) is 1.65. The van der Waals surface area contributed by atoms with E-state index in [4.69, 9.17) is 9.47 Å². The van der Waals surface area contributed by atoms with Crippen LogP contribution in [0.25, 0.3) is 0 Å². The van der Waals surface area contributed by atoms with Crippen molar-refractivity contribution in [3.63, 3.8) is 0 Å². The normalized spacial score (nSPS) is 20.9. The summed E-state index contributed by atoms with van der Waals surface area (Å²) in [5, 5.41) is 0. The van der Waals surface area contributed by atoms with Gasteiger partial charge in [0, 0.05) is 13.5 Å². The predicted molar refractivity (Wildman–Crippen MR) is 53.4 cm³/mol. The van der Waals surface area contributed by atoms with E-state index in [9.17, 15) is 9.59 Å². The molecule has 0 aromatic rings. The van der Waals surface area contributed by atoms with E-state index in [0.717, 1.165) is 12.8 Å². The highest BCUT2D eigenvalue weighted by Crippen LogP contribution is 2.14. The second-order valence-electron chi connectivity index (χ2n) is 3.52. The van der Waals surface area contributed by atoms with Crippen LogP contribution in [-0.2, 0) is 14.3 Å². The van der Waals surface area contributed by atoms with E-state index >= 15 is 0 Å². The summed E-state index contributed by atoms with van der Waals surface area (Å²) >= 11 is 0. The van der Waals surface area contributed by atoms with E-state index in [-0.39, 0.29) is 18.2 Å². The van der Waals surface area contributed by atoms with Gasteiger partial charge in [0.25, 0.3) is 0 Å². The number of esters is 1. The molecule has 1 rings (SSSR count). The Labute approximate surface area is 89.3 Å². The maximum atomic E-state index is 11.4. The molecular formula is C10H17NO4. The highest BCUT2D eigenvalue weighted by Gasteiger charge is 2.25. The van der Waals surface area contributed by atoms with Gasteiger partial charge >= 0.3 is 12.1 Å². The molecule has 0 aromatic carbocycles. The van der Waals surface area contributed by atoms with E-state index < -0.39 is 0 Å². The third-order valence-electron chi connectivity index (χ3n) is 2.24. The standard InChI is InChI=1S/C10H17NO4/c1-3-14-10(13)11-6-4-5-9(7-11)15-8(2)12/h9H,3-7H2,1-2H3. The second kappa shape index (κ2) is 5.58. The molecule has 1 aliphatic rings. The van der Waals surface area contributed by atoms with Gasteiger partial charge in [-0.15, -0.1) is 0 Å². The fourth-order valence-corrected chi connectivity index (χ4v) is 1.65. The number of hydrogen-bond acceptors (Lipinski definition) is 4. The number of rotatable bonds is 2. The molecule has 1 unspecified atom stereocenters. The van der Waals surface area contributed by atoms with Gasteiger partial charge in [-0.3, -0.25) is 4.79 Å². The summed E-state index contributed by atoms with van der Waals surface area (Å²) in [4.78, 5) is 23.7. The van der Waals surface area contributed by atoms with Crippen molar-refractivity contribution in [2.24, 2.45) is 0 Å². The van der Waals surface area contributed by atoms with Gasteiger partial charge in [-0.2, -0.15) is 0 Å². The Kier molecular flexibility index (Phi) is 4.39. The van der Waals surface area contributed by atoms with Crippen LogP contribution in [0.4, 0.5) is 4.79 Å². The maximum absolute atomic E-state index is 11.4.